The van der Waals surface area contributed by atoms with E-state index in [1.165, 1.54) is 18.4 Å². The summed E-state index contributed by atoms with van der Waals surface area (Å²) in [6.45, 7) is 8.92. The summed E-state index contributed by atoms with van der Waals surface area (Å²) in [4.78, 5) is 11.5. The van der Waals surface area contributed by atoms with Crippen LogP contribution < -0.4 is 0 Å². The van der Waals surface area contributed by atoms with Gasteiger partial charge in [0.2, 0.25) is 0 Å². The fourth-order valence-electron chi connectivity index (χ4n) is 9.01. The summed E-state index contributed by atoms with van der Waals surface area (Å²) in [7, 11) is 3.48. The standard InChI is InChI=1S/C31H48O6/c1-21(10-15-32)26-19-27(37-31(34-5)13-16-35-17-14-31)28-24-7-6-22-18-23(36-20-33-4)8-11-29(22,2)25(24)9-12-30(26,28)3/h6,15,19,21,23-25,27-28H,7-14,16-18,20H2,1-5H3/t21-,23+,24-,25+,27-,28-,29+,30-/m1/s1. The van der Waals surface area contributed by atoms with Crippen molar-refractivity contribution in [3.63, 3.8) is 0 Å². The van der Waals surface area contributed by atoms with Gasteiger partial charge in [-0.1, -0.05) is 44.1 Å². The van der Waals surface area contributed by atoms with Gasteiger partial charge in [0.15, 0.2) is 5.79 Å². The van der Waals surface area contributed by atoms with Crippen LogP contribution in [-0.2, 0) is 28.5 Å². The van der Waals surface area contributed by atoms with E-state index in [1.807, 2.05) is 0 Å². The molecule has 0 aromatic carbocycles. The van der Waals surface area contributed by atoms with E-state index in [0.29, 0.717) is 44.2 Å². The van der Waals surface area contributed by atoms with Gasteiger partial charge in [0, 0.05) is 39.4 Å². The number of hydrogen-bond donors (Lipinski definition) is 0. The molecule has 37 heavy (non-hydrogen) atoms. The molecule has 0 aromatic rings. The summed E-state index contributed by atoms with van der Waals surface area (Å²) in [5, 5.41) is 0. The summed E-state index contributed by atoms with van der Waals surface area (Å²) in [6, 6.07) is 0. The molecule has 6 nitrogen and oxygen atoms in total. The minimum Gasteiger partial charge on any atom is -0.381 e. The number of methoxy groups -OCH3 is 2. The average molecular weight is 517 g/mol. The average Bonchev–Trinajstić information content (AvgIpc) is 3.20. The van der Waals surface area contributed by atoms with Crippen molar-refractivity contribution >= 4 is 6.29 Å². The van der Waals surface area contributed by atoms with Gasteiger partial charge in [-0.05, 0) is 67.1 Å². The summed E-state index contributed by atoms with van der Waals surface area (Å²) >= 11 is 0. The highest BCUT2D eigenvalue weighted by molar-refractivity contribution is 5.51. The zero-order valence-corrected chi connectivity index (χ0v) is 23.6. The second kappa shape index (κ2) is 10.8. The molecule has 0 spiro atoms. The van der Waals surface area contributed by atoms with E-state index < -0.39 is 5.79 Å². The first-order valence-corrected chi connectivity index (χ1v) is 14.6. The molecule has 5 rings (SSSR count). The molecule has 8 atom stereocenters. The fourth-order valence-corrected chi connectivity index (χ4v) is 9.01. The van der Waals surface area contributed by atoms with Gasteiger partial charge in [-0.3, -0.25) is 0 Å². The molecule has 3 fully saturated rings. The number of carbonyl (C=O) groups is 1. The van der Waals surface area contributed by atoms with Crippen LogP contribution in [0.15, 0.2) is 23.3 Å². The molecule has 1 aliphatic heterocycles. The first-order valence-electron chi connectivity index (χ1n) is 14.6. The molecule has 0 amide bonds. The van der Waals surface area contributed by atoms with Gasteiger partial charge >= 0.3 is 0 Å². The number of carbonyl (C=O) groups excluding carboxylic acids is 1. The molecule has 0 radical (unpaired) electrons. The van der Waals surface area contributed by atoms with E-state index in [9.17, 15) is 4.79 Å². The second-order valence-electron chi connectivity index (χ2n) is 12.8. The maximum Gasteiger partial charge on any atom is 0.173 e. The first kappa shape index (κ1) is 27.5. The van der Waals surface area contributed by atoms with E-state index in [1.54, 1.807) is 19.8 Å². The van der Waals surface area contributed by atoms with E-state index in [2.05, 4.69) is 32.9 Å². The summed E-state index contributed by atoms with van der Waals surface area (Å²) < 4.78 is 29.9. The predicted molar refractivity (Wildman–Crippen MR) is 142 cm³/mol. The van der Waals surface area contributed by atoms with Crippen LogP contribution >= 0.6 is 0 Å². The lowest BCUT2D eigenvalue weighted by molar-refractivity contribution is -0.282. The molecule has 0 unspecified atom stereocenters. The van der Waals surface area contributed by atoms with E-state index >= 15 is 0 Å². The first-order chi connectivity index (χ1) is 17.8. The third-order valence-electron chi connectivity index (χ3n) is 11.0. The van der Waals surface area contributed by atoms with Crippen molar-refractivity contribution < 1.29 is 28.5 Å². The van der Waals surface area contributed by atoms with Crippen molar-refractivity contribution in [3.8, 4) is 0 Å². The number of hydrogen-bond acceptors (Lipinski definition) is 6. The molecule has 2 saturated carbocycles. The summed E-state index contributed by atoms with van der Waals surface area (Å²) in [5.41, 5.74) is 3.30. The van der Waals surface area contributed by atoms with Gasteiger partial charge in [-0.15, -0.1) is 0 Å². The van der Waals surface area contributed by atoms with E-state index in [0.717, 1.165) is 44.8 Å². The molecule has 0 N–H and O–H groups in total. The van der Waals surface area contributed by atoms with Gasteiger partial charge in [0.05, 0.1) is 25.4 Å². The zero-order valence-electron chi connectivity index (χ0n) is 23.6. The van der Waals surface area contributed by atoms with Crippen LogP contribution in [0.25, 0.3) is 0 Å². The smallest absolute Gasteiger partial charge is 0.173 e. The van der Waals surface area contributed by atoms with Gasteiger partial charge in [0.25, 0.3) is 0 Å². The molecule has 4 aliphatic carbocycles. The normalized spacial score (nSPS) is 41.6. The number of rotatable bonds is 9. The van der Waals surface area contributed by atoms with Crippen molar-refractivity contribution in [2.75, 3.05) is 34.2 Å². The van der Waals surface area contributed by atoms with Gasteiger partial charge in [-0.25, -0.2) is 0 Å². The van der Waals surface area contributed by atoms with Gasteiger partial charge < -0.3 is 28.5 Å². The van der Waals surface area contributed by atoms with Crippen LogP contribution in [0.5, 0.6) is 0 Å². The van der Waals surface area contributed by atoms with Crippen LogP contribution in [-0.4, -0.2) is 58.5 Å². The van der Waals surface area contributed by atoms with Gasteiger partial charge in [-0.2, -0.15) is 0 Å². The Kier molecular flexibility index (Phi) is 8.06. The quantitative estimate of drug-likeness (QED) is 0.218. The Morgan fingerprint density at radius 1 is 1.11 bits per heavy atom. The van der Waals surface area contributed by atoms with E-state index in [4.69, 9.17) is 23.7 Å². The second-order valence-corrected chi connectivity index (χ2v) is 12.8. The van der Waals surface area contributed by atoms with Gasteiger partial charge in [0.1, 0.15) is 13.1 Å². The summed E-state index contributed by atoms with van der Waals surface area (Å²) in [5.74, 6) is 1.24. The van der Waals surface area contributed by atoms with Crippen molar-refractivity contribution in [1.82, 2.24) is 0 Å². The Morgan fingerprint density at radius 3 is 2.57 bits per heavy atom. The fraction of sp³-hybridized carbons (Fsp3) is 0.839. The third kappa shape index (κ3) is 4.80. The highest BCUT2D eigenvalue weighted by atomic mass is 16.7. The molecule has 1 saturated heterocycles. The van der Waals surface area contributed by atoms with Crippen LogP contribution in [0.1, 0.15) is 78.6 Å². The topological polar surface area (TPSA) is 63.2 Å². The van der Waals surface area contributed by atoms with Crippen molar-refractivity contribution in [2.45, 2.75) is 96.6 Å². The third-order valence-corrected chi connectivity index (χ3v) is 11.0. The molecule has 5 aliphatic rings. The molecular weight excluding hydrogens is 468 g/mol. The van der Waals surface area contributed by atoms with Crippen molar-refractivity contribution in [2.24, 2.45) is 34.5 Å². The number of fused-ring (bicyclic) bond motifs is 5. The predicted octanol–water partition coefficient (Wildman–Crippen LogP) is 5.85. The molecular formula is C31H48O6. The van der Waals surface area contributed by atoms with Crippen LogP contribution in [0, 0.1) is 34.5 Å². The Labute approximate surface area is 223 Å². The lowest BCUT2D eigenvalue weighted by Gasteiger charge is -2.59. The summed E-state index contributed by atoms with van der Waals surface area (Å²) in [6.07, 6.45) is 15.2. The maximum absolute atomic E-state index is 11.5. The monoisotopic (exact) mass is 516 g/mol. The van der Waals surface area contributed by atoms with Crippen molar-refractivity contribution in [1.29, 1.82) is 0 Å². The van der Waals surface area contributed by atoms with E-state index in [-0.39, 0.29) is 29.0 Å². The van der Waals surface area contributed by atoms with Crippen LogP contribution in [0.2, 0.25) is 0 Å². The maximum atomic E-state index is 11.5. The molecule has 1 heterocycles. The zero-order chi connectivity index (χ0) is 26.3. The highest BCUT2D eigenvalue weighted by Crippen LogP contribution is 2.66. The number of ether oxygens (including phenoxy) is 5. The Morgan fingerprint density at radius 2 is 1.86 bits per heavy atom. The Bertz CT molecular complexity index is 890. The molecule has 6 heteroatoms. The highest BCUT2D eigenvalue weighted by Gasteiger charge is 2.61. The lowest BCUT2D eigenvalue weighted by Crippen LogP contribution is -2.54. The minimum absolute atomic E-state index is 0.000114. The minimum atomic E-state index is -0.590. The molecule has 0 bridgehead atoms. The largest absolute Gasteiger partial charge is 0.381 e. The Hall–Kier alpha value is -1.05. The van der Waals surface area contributed by atoms with Crippen LogP contribution in [0.3, 0.4) is 0 Å². The number of aldehydes is 1. The lowest BCUT2D eigenvalue weighted by atomic mass is 9.46. The number of allylic oxidation sites excluding steroid dienone is 2. The van der Waals surface area contributed by atoms with Crippen LogP contribution in [0.4, 0.5) is 0 Å². The van der Waals surface area contributed by atoms with Crippen molar-refractivity contribution in [3.05, 3.63) is 23.3 Å². The molecule has 208 valence electrons. The SMILES string of the molecule is COCO[C@H]1CC[C@@]2(C)C(=CC[C@H]3[C@@H]4[C@H](OC5(OC)CCOCC5)C=C([C@H](C)CC=O)[C@@]4(C)CC[C@@H]32)C1. The molecule has 0 aromatic heterocycles. The Balaban J connectivity index is 1.46.